The van der Waals surface area contributed by atoms with Crippen LogP contribution in [0.2, 0.25) is 0 Å². The average molecular weight is 190 g/mol. The highest BCUT2D eigenvalue weighted by Gasteiger charge is 2.09. The number of benzene rings is 1. The molecule has 2 nitrogen and oxygen atoms in total. The highest BCUT2D eigenvalue weighted by Crippen LogP contribution is 2.20. The van der Waals surface area contributed by atoms with Crippen molar-refractivity contribution in [3.8, 4) is 12.3 Å². The van der Waals surface area contributed by atoms with E-state index in [4.69, 9.17) is 16.2 Å². The first-order valence-corrected chi connectivity index (χ1v) is 4.65. The number of terminal acetylenes is 1. The van der Waals surface area contributed by atoms with Gasteiger partial charge in [0.2, 0.25) is 0 Å². The number of hydrogen-bond acceptors (Lipinski definition) is 2. The van der Waals surface area contributed by atoms with Gasteiger partial charge in [0.1, 0.15) is 12.7 Å². The molecule has 0 saturated heterocycles. The van der Waals surface area contributed by atoms with Gasteiger partial charge in [-0.3, -0.25) is 0 Å². The molecule has 74 valence electrons. The number of rotatable bonds is 5. The van der Waals surface area contributed by atoms with Crippen molar-refractivity contribution >= 4 is 0 Å². The first-order valence-electron chi connectivity index (χ1n) is 4.65. The zero-order valence-corrected chi connectivity index (χ0v) is 8.27. The van der Waals surface area contributed by atoms with Crippen LogP contribution in [0.25, 0.3) is 0 Å². The van der Waals surface area contributed by atoms with Crippen molar-refractivity contribution in [1.29, 1.82) is 0 Å². The minimum atomic E-state index is -0.0375. The summed E-state index contributed by atoms with van der Waals surface area (Å²) in [4.78, 5) is 10.0. The molecular formula is C12H14O2. The topological polar surface area (TPSA) is 18.5 Å². The predicted molar refractivity (Wildman–Crippen MR) is 55.3 cm³/mol. The van der Waals surface area contributed by atoms with Gasteiger partial charge in [0, 0.05) is 0 Å². The molecule has 0 aliphatic heterocycles. The van der Waals surface area contributed by atoms with Crippen molar-refractivity contribution in [3.63, 3.8) is 0 Å². The highest BCUT2D eigenvalue weighted by atomic mass is 17.2. The standard InChI is InChI=1S/C12H14O2/c1-3-10-13-14-12(4-2)11-8-6-5-7-9-11/h1,5-9,12H,4,10H2,2H3. The van der Waals surface area contributed by atoms with Crippen molar-refractivity contribution in [2.45, 2.75) is 19.4 Å². The van der Waals surface area contributed by atoms with Crippen molar-refractivity contribution in [2.24, 2.45) is 0 Å². The van der Waals surface area contributed by atoms with Crippen LogP contribution in [0.5, 0.6) is 0 Å². The van der Waals surface area contributed by atoms with Gasteiger partial charge < -0.3 is 0 Å². The van der Waals surface area contributed by atoms with Gasteiger partial charge in [-0.25, -0.2) is 9.78 Å². The van der Waals surface area contributed by atoms with Gasteiger partial charge in [-0.2, -0.15) is 0 Å². The van der Waals surface area contributed by atoms with Gasteiger partial charge in [-0.05, 0) is 12.0 Å². The minimum absolute atomic E-state index is 0.0375. The van der Waals surface area contributed by atoms with E-state index in [1.54, 1.807) is 0 Å². The first-order chi connectivity index (χ1) is 6.88. The van der Waals surface area contributed by atoms with Crippen LogP contribution in [0.1, 0.15) is 25.0 Å². The number of hydrogen-bond donors (Lipinski definition) is 0. The molecule has 1 aromatic rings. The van der Waals surface area contributed by atoms with Gasteiger partial charge in [0.05, 0.1) is 0 Å². The van der Waals surface area contributed by atoms with E-state index in [9.17, 15) is 0 Å². The SMILES string of the molecule is C#CCOOC(CC)c1ccccc1. The molecule has 1 unspecified atom stereocenters. The molecule has 14 heavy (non-hydrogen) atoms. The van der Waals surface area contributed by atoms with Gasteiger partial charge >= 0.3 is 0 Å². The molecule has 0 aliphatic rings. The summed E-state index contributed by atoms with van der Waals surface area (Å²) in [6.07, 6.45) is 5.86. The molecule has 0 spiro atoms. The summed E-state index contributed by atoms with van der Waals surface area (Å²) in [5.41, 5.74) is 1.10. The molecule has 0 aliphatic carbocycles. The van der Waals surface area contributed by atoms with Crippen molar-refractivity contribution < 1.29 is 9.78 Å². The zero-order chi connectivity index (χ0) is 10.2. The fourth-order valence-electron chi connectivity index (χ4n) is 1.18. The van der Waals surface area contributed by atoms with Crippen molar-refractivity contribution in [2.75, 3.05) is 6.61 Å². The Balaban J connectivity index is 2.51. The molecule has 0 amide bonds. The molecule has 0 aromatic heterocycles. The summed E-state index contributed by atoms with van der Waals surface area (Å²) >= 11 is 0. The van der Waals surface area contributed by atoms with Crippen LogP contribution in [0.4, 0.5) is 0 Å². The van der Waals surface area contributed by atoms with E-state index >= 15 is 0 Å². The van der Waals surface area contributed by atoms with Crippen LogP contribution >= 0.6 is 0 Å². The van der Waals surface area contributed by atoms with Crippen LogP contribution in [0.3, 0.4) is 0 Å². The van der Waals surface area contributed by atoms with E-state index < -0.39 is 0 Å². The molecule has 1 aromatic carbocycles. The second-order valence-electron chi connectivity index (χ2n) is 2.87. The molecule has 0 saturated carbocycles. The van der Waals surface area contributed by atoms with E-state index in [-0.39, 0.29) is 12.7 Å². The lowest BCUT2D eigenvalue weighted by atomic mass is 10.1. The van der Waals surface area contributed by atoms with Crippen molar-refractivity contribution in [3.05, 3.63) is 35.9 Å². The molecule has 2 heteroatoms. The van der Waals surface area contributed by atoms with Crippen LogP contribution in [0, 0.1) is 12.3 Å². The summed E-state index contributed by atoms with van der Waals surface area (Å²) in [7, 11) is 0. The largest absolute Gasteiger partial charge is 0.228 e. The Morgan fingerprint density at radius 2 is 2.07 bits per heavy atom. The Hall–Kier alpha value is -1.30. The first kappa shape index (κ1) is 10.8. The Morgan fingerprint density at radius 3 is 2.64 bits per heavy atom. The monoisotopic (exact) mass is 190 g/mol. The smallest absolute Gasteiger partial charge is 0.142 e. The quantitative estimate of drug-likeness (QED) is 0.307. The van der Waals surface area contributed by atoms with E-state index in [0.717, 1.165) is 12.0 Å². The molecule has 0 heterocycles. The van der Waals surface area contributed by atoms with E-state index in [0.29, 0.717) is 0 Å². The lowest BCUT2D eigenvalue weighted by molar-refractivity contribution is -0.319. The molecule has 1 rings (SSSR count). The second kappa shape index (κ2) is 6.20. The lowest BCUT2D eigenvalue weighted by Gasteiger charge is -2.13. The summed E-state index contributed by atoms with van der Waals surface area (Å²) in [6.45, 7) is 2.22. The molecule has 0 N–H and O–H groups in total. The Bertz CT molecular complexity index is 287. The Labute approximate surface area is 84.8 Å². The normalized spacial score (nSPS) is 12.0. The fourth-order valence-corrected chi connectivity index (χ4v) is 1.18. The van der Waals surface area contributed by atoms with E-state index in [2.05, 4.69) is 5.92 Å². The van der Waals surface area contributed by atoms with Crippen LogP contribution in [-0.4, -0.2) is 6.61 Å². The summed E-state index contributed by atoms with van der Waals surface area (Å²) in [6, 6.07) is 9.93. The zero-order valence-electron chi connectivity index (χ0n) is 8.27. The lowest BCUT2D eigenvalue weighted by Crippen LogP contribution is -2.04. The molecule has 0 radical (unpaired) electrons. The van der Waals surface area contributed by atoms with Crippen LogP contribution in [0.15, 0.2) is 30.3 Å². The average Bonchev–Trinajstić information content (AvgIpc) is 2.26. The molecule has 0 fully saturated rings. The Morgan fingerprint density at radius 1 is 1.36 bits per heavy atom. The molecule has 1 atom stereocenters. The summed E-state index contributed by atoms with van der Waals surface area (Å²) in [5.74, 6) is 2.35. The van der Waals surface area contributed by atoms with Crippen LogP contribution < -0.4 is 0 Å². The maximum Gasteiger partial charge on any atom is 0.142 e. The third-order valence-electron chi connectivity index (χ3n) is 1.87. The minimum Gasteiger partial charge on any atom is -0.228 e. The molecule has 0 bridgehead atoms. The van der Waals surface area contributed by atoms with Gasteiger partial charge in [-0.15, -0.1) is 6.42 Å². The Kier molecular flexibility index (Phi) is 4.77. The third kappa shape index (κ3) is 3.21. The summed E-state index contributed by atoms with van der Waals surface area (Å²) in [5, 5.41) is 0. The summed E-state index contributed by atoms with van der Waals surface area (Å²) < 4.78 is 0. The molecular weight excluding hydrogens is 176 g/mol. The van der Waals surface area contributed by atoms with Crippen LogP contribution in [-0.2, 0) is 9.78 Å². The van der Waals surface area contributed by atoms with E-state index in [1.807, 2.05) is 37.3 Å². The highest BCUT2D eigenvalue weighted by molar-refractivity contribution is 5.17. The van der Waals surface area contributed by atoms with Gasteiger partial charge in [-0.1, -0.05) is 43.2 Å². The maximum absolute atomic E-state index is 5.18. The van der Waals surface area contributed by atoms with Gasteiger partial charge in [0.15, 0.2) is 0 Å². The second-order valence-corrected chi connectivity index (χ2v) is 2.87. The van der Waals surface area contributed by atoms with E-state index in [1.165, 1.54) is 0 Å². The predicted octanol–water partition coefficient (Wildman–Crippen LogP) is 2.72. The fraction of sp³-hybridized carbons (Fsp3) is 0.333. The van der Waals surface area contributed by atoms with Crippen molar-refractivity contribution in [1.82, 2.24) is 0 Å². The van der Waals surface area contributed by atoms with Gasteiger partial charge in [0.25, 0.3) is 0 Å². The third-order valence-corrected chi connectivity index (χ3v) is 1.87. The maximum atomic E-state index is 5.18.